The summed E-state index contributed by atoms with van der Waals surface area (Å²) in [5.74, 6) is 1.26. The van der Waals surface area contributed by atoms with Crippen LogP contribution < -0.4 is 5.32 Å². The van der Waals surface area contributed by atoms with Crippen molar-refractivity contribution in [2.45, 2.75) is 38.3 Å². The van der Waals surface area contributed by atoms with E-state index in [0.29, 0.717) is 12.3 Å². The van der Waals surface area contributed by atoms with Gasteiger partial charge in [0.05, 0.1) is 18.5 Å². The second-order valence-electron chi connectivity index (χ2n) is 8.37. The Labute approximate surface area is 182 Å². The molecule has 1 aliphatic heterocycles. The van der Waals surface area contributed by atoms with Crippen LogP contribution in [-0.4, -0.2) is 28.2 Å². The number of nitrogens with zero attached hydrogens (tertiary/aromatic N) is 3. The number of rotatable bonds is 7. The summed E-state index contributed by atoms with van der Waals surface area (Å²) >= 11 is 0. The maximum Gasteiger partial charge on any atom is 0.257 e. The van der Waals surface area contributed by atoms with Gasteiger partial charge in [-0.15, -0.1) is 0 Å². The summed E-state index contributed by atoms with van der Waals surface area (Å²) in [5, 5.41) is 9.79. The Bertz CT molecular complexity index is 1060. The molecule has 1 aromatic carbocycles. The fraction of sp³-hybridized carbons (Fsp3) is 0.320. The molecule has 0 bridgehead atoms. The van der Waals surface area contributed by atoms with Crippen molar-refractivity contribution in [3.05, 3.63) is 89.6 Å². The van der Waals surface area contributed by atoms with Crippen LogP contribution in [0.15, 0.2) is 76.7 Å². The van der Waals surface area contributed by atoms with E-state index < -0.39 is 0 Å². The Balaban J connectivity index is 1.35. The minimum atomic E-state index is -0.224. The van der Waals surface area contributed by atoms with Crippen LogP contribution in [0.4, 0.5) is 0 Å². The molecule has 3 heterocycles. The van der Waals surface area contributed by atoms with Crippen molar-refractivity contribution < 1.29 is 9.21 Å². The summed E-state index contributed by atoms with van der Waals surface area (Å²) in [6.45, 7) is 2.28. The van der Waals surface area contributed by atoms with Crippen LogP contribution in [0, 0.1) is 12.8 Å². The topological polar surface area (TPSA) is 70.7 Å². The van der Waals surface area contributed by atoms with E-state index in [0.717, 1.165) is 22.6 Å². The molecule has 0 radical (unpaired) electrons. The van der Waals surface area contributed by atoms with Gasteiger partial charge in [0.1, 0.15) is 11.8 Å². The highest BCUT2D eigenvalue weighted by Crippen LogP contribution is 2.41. The maximum absolute atomic E-state index is 13.3. The summed E-state index contributed by atoms with van der Waals surface area (Å²) in [4.78, 5) is 17.5. The molecule has 1 amide bonds. The summed E-state index contributed by atoms with van der Waals surface area (Å²) in [6.07, 6.45) is 8.29. The van der Waals surface area contributed by atoms with E-state index in [1.165, 1.54) is 18.4 Å². The molecule has 3 aromatic rings. The Morgan fingerprint density at radius 2 is 2.03 bits per heavy atom. The Kier molecular flexibility index (Phi) is 5.38. The van der Waals surface area contributed by atoms with Gasteiger partial charge in [-0.2, -0.15) is 5.10 Å². The van der Waals surface area contributed by atoms with Gasteiger partial charge in [-0.1, -0.05) is 35.9 Å². The van der Waals surface area contributed by atoms with Gasteiger partial charge in [-0.3, -0.25) is 9.78 Å². The van der Waals surface area contributed by atoms with E-state index >= 15 is 0 Å². The fourth-order valence-electron chi connectivity index (χ4n) is 4.19. The monoisotopic (exact) mass is 414 g/mol. The quantitative estimate of drug-likeness (QED) is 0.622. The first-order chi connectivity index (χ1) is 15.2. The predicted molar refractivity (Wildman–Crippen MR) is 118 cm³/mol. The molecule has 5 rings (SSSR count). The van der Waals surface area contributed by atoms with E-state index in [1.807, 2.05) is 24.4 Å². The average molecular weight is 415 g/mol. The first kappa shape index (κ1) is 19.7. The smallest absolute Gasteiger partial charge is 0.257 e. The molecular formula is C25H26N4O2. The van der Waals surface area contributed by atoms with E-state index in [2.05, 4.69) is 47.6 Å². The Morgan fingerprint density at radius 1 is 1.19 bits per heavy atom. The van der Waals surface area contributed by atoms with Gasteiger partial charge in [0, 0.05) is 24.9 Å². The number of pyridine rings is 1. The highest BCUT2D eigenvalue weighted by atomic mass is 16.3. The lowest BCUT2D eigenvalue weighted by Gasteiger charge is -2.23. The molecule has 0 unspecified atom stereocenters. The lowest BCUT2D eigenvalue weighted by molar-refractivity contribution is -0.132. The number of amides is 1. The van der Waals surface area contributed by atoms with E-state index in [4.69, 9.17) is 9.52 Å². The van der Waals surface area contributed by atoms with Crippen molar-refractivity contribution in [1.29, 1.82) is 0 Å². The second kappa shape index (κ2) is 8.47. The Morgan fingerprint density at radius 3 is 2.71 bits per heavy atom. The summed E-state index contributed by atoms with van der Waals surface area (Å²) < 4.78 is 5.65. The van der Waals surface area contributed by atoms with Crippen molar-refractivity contribution in [3.63, 3.8) is 0 Å². The van der Waals surface area contributed by atoms with Gasteiger partial charge < -0.3 is 9.73 Å². The zero-order valence-electron chi connectivity index (χ0n) is 17.6. The first-order valence-electron chi connectivity index (χ1n) is 10.8. The van der Waals surface area contributed by atoms with Gasteiger partial charge in [-0.05, 0) is 55.0 Å². The maximum atomic E-state index is 13.3. The number of hydrogen-bond acceptors (Lipinski definition) is 5. The van der Waals surface area contributed by atoms with Gasteiger partial charge in [0.2, 0.25) is 0 Å². The van der Waals surface area contributed by atoms with Crippen LogP contribution >= 0.6 is 0 Å². The van der Waals surface area contributed by atoms with Crippen LogP contribution in [0.3, 0.4) is 0 Å². The minimum Gasteiger partial charge on any atom is -0.467 e. The number of nitrogens with one attached hydrogen (secondary N) is 1. The average Bonchev–Trinajstić information content (AvgIpc) is 3.30. The van der Waals surface area contributed by atoms with E-state index in [1.54, 1.807) is 17.5 Å². The summed E-state index contributed by atoms with van der Waals surface area (Å²) in [7, 11) is 0. The molecule has 2 aromatic heterocycles. The largest absolute Gasteiger partial charge is 0.467 e. The van der Waals surface area contributed by atoms with E-state index in [-0.39, 0.29) is 24.5 Å². The first-order valence-corrected chi connectivity index (χ1v) is 10.8. The third-order valence-electron chi connectivity index (χ3n) is 6.03. The number of benzene rings is 1. The van der Waals surface area contributed by atoms with Gasteiger partial charge >= 0.3 is 0 Å². The van der Waals surface area contributed by atoms with Crippen LogP contribution in [-0.2, 0) is 4.79 Å². The molecule has 6 heteroatoms. The fourth-order valence-corrected chi connectivity index (χ4v) is 4.19. The van der Waals surface area contributed by atoms with Crippen molar-refractivity contribution in [1.82, 2.24) is 15.3 Å². The SMILES string of the molecule is Cc1ccc(C2=NN(C(=O)CN[C@H](c3cccnc3)C3CC3)[C@H](c3ccco3)C2)cc1. The lowest BCUT2D eigenvalue weighted by atomic mass is 10.0. The molecule has 1 saturated carbocycles. The molecule has 1 fully saturated rings. The van der Waals surface area contributed by atoms with Crippen LogP contribution in [0.5, 0.6) is 0 Å². The molecule has 6 nitrogen and oxygen atoms in total. The number of aromatic nitrogens is 1. The standard InChI is InChI=1S/C25H26N4O2/c1-17-6-8-18(9-7-17)21-14-22(23-5-3-13-31-23)29(28-21)24(30)16-27-25(19-10-11-19)20-4-2-12-26-15-20/h2-9,12-13,15,19,22,25,27H,10-11,14,16H2,1H3/t22-,25-/m0/s1. The van der Waals surface area contributed by atoms with E-state index in [9.17, 15) is 4.79 Å². The third-order valence-corrected chi connectivity index (χ3v) is 6.03. The lowest BCUT2D eigenvalue weighted by Crippen LogP contribution is -2.37. The van der Waals surface area contributed by atoms with Crippen molar-refractivity contribution >= 4 is 11.6 Å². The zero-order chi connectivity index (χ0) is 21.2. The molecule has 31 heavy (non-hydrogen) atoms. The van der Waals surface area contributed by atoms with Gasteiger partial charge in [0.25, 0.3) is 5.91 Å². The molecule has 0 spiro atoms. The van der Waals surface area contributed by atoms with Gasteiger partial charge in [-0.25, -0.2) is 5.01 Å². The highest BCUT2D eigenvalue weighted by Gasteiger charge is 2.36. The molecule has 158 valence electrons. The normalized spacial score (nSPS) is 19.3. The number of carbonyl (C=O) groups is 1. The number of carbonyl (C=O) groups excluding carboxylic acids is 1. The molecule has 2 atom stereocenters. The van der Waals surface area contributed by atoms with Gasteiger partial charge in [0.15, 0.2) is 0 Å². The predicted octanol–water partition coefficient (Wildman–Crippen LogP) is 4.40. The van der Waals surface area contributed by atoms with Crippen LogP contribution in [0.1, 0.15) is 53.8 Å². The zero-order valence-corrected chi connectivity index (χ0v) is 17.6. The minimum absolute atomic E-state index is 0.0574. The summed E-state index contributed by atoms with van der Waals surface area (Å²) in [6, 6.07) is 16.0. The highest BCUT2D eigenvalue weighted by molar-refractivity contribution is 6.03. The summed E-state index contributed by atoms with van der Waals surface area (Å²) in [5.41, 5.74) is 4.27. The van der Waals surface area contributed by atoms with Crippen molar-refractivity contribution in [2.24, 2.45) is 11.0 Å². The van der Waals surface area contributed by atoms with Crippen molar-refractivity contribution in [3.8, 4) is 0 Å². The third kappa shape index (κ3) is 4.30. The van der Waals surface area contributed by atoms with Crippen molar-refractivity contribution in [2.75, 3.05) is 6.54 Å². The number of furan rings is 1. The molecule has 2 aliphatic rings. The number of hydrazone groups is 1. The van der Waals surface area contributed by atoms with Crippen LogP contribution in [0.2, 0.25) is 0 Å². The molecular weight excluding hydrogens is 388 g/mol. The number of aryl methyl sites for hydroxylation is 1. The second-order valence-corrected chi connectivity index (χ2v) is 8.37. The molecule has 1 aliphatic carbocycles. The molecule has 1 N–H and O–H groups in total. The number of hydrogen-bond donors (Lipinski definition) is 1. The molecule has 0 saturated heterocycles. The Hall–Kier alpha value is -3.25. The van der Waals surface area contributed by atoms with Crippen LogP contribution in [0.25, 0.3) is 0 Å².